The summed E-state index contributed by atoms with van der Waals surface area (Å²) in [7, 11) is 0. The topological polar surface area (TPSA) is 68.0 Å². The Morgan fingerprint density at radius 1 is 1.42 bits per heavy atom. The van der Waals surface area contributed by atoms with E-state index in [1.165, 1.54) is 29.1 Å². The van der Waals surface area contributed by atoms with Crippen molar-refractivity contribution >= 4 is 16.3 Å². The molecule has 128 valence electrons. The second-order valence-electron chi connectivity index (χ2n) is 6.88. The molecule has 3 atom stereocenters. The first kappa shape index (κ1) is 15.7. The number of hydrogen-bond acceptors (Lipinski definition) is 5. The number of nitrogens with one attached hydrogen (secondary N) is 1. The highest BCUT2D eigenvalue weighted by Crippen LogP contribution is 2.35. The molecule has 0 bridgehead atoms. The van der Waals surface area contributed by atoms with Crippen LogP contribution in [0.4, 0.5) is 0 Å². The highest BCUT2D eigenvalue weighted by atomic mass is 32.1. The molecule has 3 aromatic heterocycles. The van der Waals surface area contributed by atoms with Gasteiger partial charge in [0.1, 0.15) is 16.5 Å². The summed E-state index contributed by atoms with van der Waals surface area (Å²) < 4.78 is 7.51. The molecule has 6 nitrogen and oxygen atoms in total. The Morgan fingerprint density at radius 3 is 2.92 bits per heavy atom. The van der Waals surface area contributed by atoms with E-state index in [0.717, 1.165) is 34.4 Å². The molecule has 1 aliphatic rings. The molecule has 0 spiro atoms. The summed E-state index contributed by atoms with van der Waals surface area (Å²) in [5.41, 5.74) is 0. The Morgan fingerprint density at radius 2 is 2.25 bits per heavy atom. The van der Waals surface area contributed by atoms with Gasteiger partial charge in [-0.25, -0.2) is 4.98 Å². The third-order valence-electron chi connectivity index (χ3n) is 4.83. The van der Waals surface area contributed by atoms with E-state index in [9.17, 15) is 5.11 Å². The lowest BCUT2D eigenvalue weighted by Gasteiger charge is -2.32. The lowest BCUT2D eigenvalue weighted by molar-refractivity contribution is -0.934. The van der Waals surface area contributed by atoms with Gasteiger partial charge in [-0.2, -0.15) is 4.52 Å². The average Bonchev–Trinajstić information content (AvgIpc) is 3.18. The molecule has 3 aromatic rings. The molecule has 1 saturated heterocycles. The molecule has 1 unspecified atom stereocenters. The van der Waals surface area contributed by atoms with Gasteiger partial charge in [0.15, 0.2) is 11.8 Å². The normalized spacial score (nSPS) is 23.0. The number of furan rings is 1. The molecule has 0 aromatic carbocycles. The maximum Gasteiger partial charge on any atom is 0.235 e. The van der Waals surface area contributed by atoms with Crippen LogP contribution in [0, 0.1) is 19.8 Å². The molecule has 1 aliphatic heterocycles. The van der Waals surface area contributed by atoms with Gasteiger partial charge in [0.25, 0.3) is 0 Å². The predicted molar refractivity (Wildman–Crippen MR) is 91.6 cm³/mol. The van der Waals surface area contributed by atoms with Crippen LogP contribution in [0.2, 0.25) is 0 Å². The molecule has 7 heteroatoms. The number of piperidine rings is 1. The Labute approximate surface area is 144 Å². The SMILES string of the molecule is Cc1nc2sc([C@@H](c3ccc(C)o3)[NH+]3CCC[C@H](C)C3)c(O)n2n1. The van der Waals surface area contributed by atoms with Crippen molar-refractivity contribution in [1.29, 1.82) is 0 Å². The predicted octanol–water partition coefficient (Wildman–Crippen LogP) is 2.11. The van der Waals surface area contributed by atoms with Crippen molar-refractivity contribution in [2.75, 3.05) is 13.1 Å². The Kier molecular flexibility index (Phi) is 3.85. The molecule has 0 saturated carbocycles. The fourth-order valence-electron chi connectivity index (χ4n) is 3.75. The summed E-state index contributed by atoms with van der Waals surface area (Å²) in [6.45, 7) is 8.26. The smallest absolute Gasteiger partial charge is 0.235 e. The van der Waals surface area contributed by atoms with Crippen LogP contribution >= 0.6 is 11.3 Å². The third-order valence-corrected chi connectivity index (χ3v) is 5.91. The van der Waals surface area contributed by atoms with E-state index < -0.39 is 0 Å². The highest BCUT2D eigenvalue weighted by Gasteiger charge is 2.37. The summed E-state index contributed by atoms with van der Waals surface area (Å²) >= 11 is 1.51. The average molecular weight is 347 g/mol. The van der Waals surface area contributed by atoms with Gasteiger partial charge in [-0.05, 0) is 38.8 Å². The van der Waals surface area contributed by atoms with Crippen LogP contribution < -0.4 is 4.90 Å². The van der Waals surface area contributed by atoms with Crippen LogP contribution in [-0.4, -0.2) is 32.8 Å². The first-order valence-corrected chi connectivity index (χ1v) is 9.30. The van der Waals surface area contributed by atoms with Crippen molar-refractivity contribution in [3.8, 4) is 5.88 Å². The minimum absolute atomic E-state index is 0.00439. The summed E-state index contributed by atoms with van der Waals surface area (Å²) in [6, 6.07) is 4.02. The minimum atomic E-state index is -0.00439. The first-order valence-electron chi connectivity index (χ1n) is 8.49. The van der Waals surface area contributed by atoms with Crippen LogP contribution in [0.1, 0.15) is 48.0 Å². The third kappa shape index (κ3) is 2.61. The molecule has 0 aliphatic carbocycles. The van der Waals surface area contributed by atoms with E-state index in [1.807, 2.05) is 26.0 Å². The number of nitrogens with zero attached hydrogens (tertiary/aromatic N) is 3. The molecule has 2 N–H and O–H groups in total. The van der Waals surface area contributed by atoms with Gasteiger partial charge in [0.05, 0.1) is 13.1 Å². The van der Waals surface area contributed by atoms with Gasteiger partial charge in [-0.15, -0.1) is 5.10 Å². The van der Waals surface area contributed by atoms with E-state index in [4.69, 9.17) is 4.42 Å². The number of aryl methyl sites for hydroxylation is 2. The zero-order valence-corrected chi connectivity index (χ0v) is 15.1. The molecule has 1 fully saturated rings. The van der Waals surface area contributed by atoms with Gasteiger partial charge in [-0.1, -0.05) is 18.3 Å². The lowest BCUT2D eigenvalue weighted by atomic mass is 9.97. The summed E-state index contributed by atoms with van der Waals surface area (Å²) in [5, 5.41) is 15.1. The van der Waals surface area contributed by atoms with Gasteiger partial charge < -0.3 is 14.4 Å². The van der Waals surface area contributed by atoms with E-state index in [2.05, 4.69) is 17.0 Å². The molecular weight excluding hydrogens is 324 g/mol. The molecular formula is C17H23N4O2S+. The number of likely N-dealkylation sites (tertiary alicyclic amines) is 1. The summed E-state index contributed by atoms with van der Waals surface area (Å²) in [5.74, 6) is 3.36. The van der Waals surface area contributed by atoms with Gasteiger partial charge in [-0.3, -0.25) is 0 Å². The van der Waals surface area contributed by atoms with Crippen LogP contribution in [0.3, 0.4) is 0 Å². The number of thiazole rings is 1. The maximum absolute atomic E-state index is 10.8. The maximum atomic E-state index is 10.8. The number of hydrogen-bond donors (Lipinski definition) is 2. The fourth-order valence-corrected chi connectivity index (χ4v) is 4.92. The molecule has 0 amide bonds. The first-order chi connectivity index (χ1) is 11.5. The van der Waals surface area contributed by atoms with E-state index in [-0.39, 0.29) is 11.9 Å². The van der Waals surface area contributed by atoms with Crippen LogP contribution in [0.25, 0.3) is 4.96 Å². The van der Waals surface area contributed by atoms with E-state index in [1.54, 1.807) is 4.52 Å². The number of quaternary nitrogens is 1. The Balaban J connectivity index is 1.81. The molecule has 24 heavy (non-hydrogen) atoms. The second kappa shape index (κ2) is 5.89. The Bertz CT molecular complexity index is 865. The zero-order chi connectivity index (χ0) is 16.8. The van der Waals surface area contributed by atoms with Crippen molar-refractivity contribution in [2.24, 2.45) is 5.92 Å². The second-order valence-corrected chi connectivity index (χ2v) is 7.89. The van der Waals surface area contributed by atoms with Crippen molar-refractivity contribution in [3.05, 3.63) is 34.4 Å². The van der Waals surface area contributed by atoms with E-state index >= 15 is 0 Å². The molecule has 0 radical (unpaired) electrons. The minimum Gasteiger partial charge on any atom is -0.492 e. The number of aromatic nitrogens is 3. The van der Waals surface area contributed by atoms with Gasteiger partial charge in [0, 0.05) is 5.92 Å². The number of aromatic hydroxyl groups is 1. The standard InChI is InChI=1S/C17H22N4O2S/c1-10-5-4-8-20(9-10)14(13-7-6-11(2)23-13)15-16(22)21-17(24-15)18-12(3)19-21/h6-7,10,14,22H,4-5,8-9H2,1-3H3/p+1/t10-,14+/m0/s1. The summed E-state index contributed by atoms with van der Waals surface area (Å²) in [6.07, 6.45) is 2.47. The largest absolute Gasteiger partial charge is 0.492 e. The monoisotopic (exact) mass is 347 g/mol. The number of fused-ring (bicyclic) bond motifs is 1. The van der Waals surface area contributed by atoms with Crippen molar-refractivity contribution in [1.82, 2.24) is 14.6 Å². The van der Waals surface area contributed by atoms with Crippen molar-refractivity contribution in [3.63, 3.8) is 0 Å². The van der Waals surface area contributed by atoms with Gasteiger partial charge >= 0.3 is 0 Å². The highest BCUT2D eigenvalue weighted by molar-refractivity contribution is 7.17. The van der Waals surface area contributed by atoms with Crippen molar-refractivity contribution < 1.29 is 14.4 Å². The van der Waals surface area contributed by atoms with Crippen LogP contribution in [0.5, 0.6) is 5.88 Å². The quantitative estimate of drug-likeness (QED) is 0.761. The fraction of sp³-hybridized carbons (Fsp3) is 0.529. The van der Waals surface area contributed by atoms with Crippen molar-refractivity contribution in [2.45, 2.75) is 39.7 Å². The lowest BCUT2D eigenvalue weighted by Crippen LogP contribution is -3.13. The Hall–Kier alpha value is -1.86. The number of rotatable bonds is 3. The van der Waals surface area contributed by atoms with Gasteiger partial charge in [0.2, 0.25) is 10.8 Å². The summed E-state index contributed by atoms with van der Waals surface area (Å²) in [4.78, 5) is 7.48. The van der Waals surface area contributed by atoms with Crippen LogP contribution in [-0.2, 0) is 0 Å². The van der Waals surface area contributed by atoms with Crippen LogP contribution in [0.15, 0.2) is 16.5 Å². The zero-order valence-electron chi connectivity index (χ0n) is 14.2. The molecule has 4 rings (SSSR count). The molecule has 4 heterocycles. The van der Waals surface area contributed by atoms with E-state index in [0.29, 0.717) is 11.7 Å².